The maximum atomic E-state index is 13.5. The monoisotopic (exact) mass is 374 g/mol. The normalized spacial score (nSPS) is 18.1. The molecule has 7 heteroatoms. The molecule has 0 aliphatic carbocycles. The zero-order chi connectivity index (χ0) is 18.4. The van der Waals surface area contributed by atoms with Gasteiger partial charge in [0.05, 0.1) is 6.04 Å². The Bertz CT molecular complexity index is 718. The lowest BCUT2D eigenvalue weighted by Gasteiger charge is -2.26. The first-order chi connectivity index (χ1) is 12.6. The fourth-order valence-electron chi connectivity index (χ4n) is 2.73. The number of nitrogens with one attached hydrogen (secondary N) is 2. The van der Waals surface area contributed by atoms with Crippen molar-refractivity contribution < 1.29 is 18.4 Å². The predicted molar refractivity (Wildman–Crippen MR) is 100 cm³/mol. The van der Waals surface area contributed by atoms with Crippen LogP contribution in [0.5, 0.6) is 11.5 Å². The molecule has 1 amide bonds. The van der Waals surface area contributed by atoms with Gasteiger partial charge >= 0.3 is 7.60 Å². The Hall–Kier alpha value is -2.30. The molecule has 1 unspecified atom stereocenters. The van der Waals surface area contributed by atoms with Crippen molar-refractivity contribution in [1.82, 2.24) is 10.6 Å². The quantitative estimate of drug-likeness (QED) is 0.725. The Balaban J connectivity index is 1.79. The number of para-hydroxylation sites is 2. The Morgan fingerprint density at radius 1 is 1.08 bits per heavy atom. The highest BCUT2D eigenvalue weighted by molar-refractivity contribution is 7.55. The standard InChI is InChI=1S/C19H23N2O4P/c1-15(21-19(22)18-13-8-14-20-18)26(23,24-16-9-4-2-5-10-16)25-17-11-6-3-7-12-17/h2-7,9-12,15,18,20H,8,13-14H2,1H3,(H,21,22)/t15?,18-/m0/s1. The molecule has 0 radical (unpaired) electrons. The van der Waals surface area contributed by atoms with Gasteiger partial charge in [-0.2, -0.15) is 0 Å². The molecule has 0 spiro atoms. The molecular formula is C19H23N2O4P. The van der Waals surface area contributed by atoms with Crippen LogP contribution in [-0.2, 0) is 9.36 Å². The molecule has 1 saturated heterocycles. The maximum absolute atomic E-state index is 13.5. The third-order valence-corrected chi connectivity index (χ3v) is 6.16. The van der Waals surface area contributed by atoms with Crippen molar-refractivity contribution in [2.75, 3.05) is 6.54 Å². The number of amides is 1. The summed E-state index contributed by atoms with van der Waals surface area (Å²) in [6.45, 7) is 2.45. The van der Waals surface area contributed by atoms with Crippen LogP contribution in [0.15, 0.2) is 60.7 Å². The molecule has 2 aromatic carbocycles. The van der Waals surface area contributed by atoms with Gasteiger partial charge in [0.1, 0.15) is 11.5 Å². The Morgan fingerprint density at radius 3 is 2.08 bits per heavy atom. The molecule has 2 N–H and O–H groups in total. The minimum atomic E-state index is -3.71. The van der Waals surface area contributed by atoms with Gasteiger partial charge in [-0.3, -0.25) is 4.79 Å². The number of benzene rings is 2. The molecule has 3 rings (SSSR count). The van der Waals surface area contributed by atoms with E-state index in [1.54, 1.807) is 55.5 Å². The number of carbonyl (C=O) groups is 1. The lowest BCUT2D eigenvalue weighted by atomic mass is 10.2. The molecular weight excluding hydrogens is 351 g/mol. The van der Waals surface area contributed by atoms with Gasteiger partial charge in [0.15, 0.2) is 5.78 Å². The summed E-state index contributed by atoms with van der Waals surface area (Å²) >= 11 is 0. The topological polar surface area (TPSA) is 76.7 Å². The summed E-state index contributed by atoms with van der Waals surface area (Å²) in [7, 11) is -3.71. The molecule has 0 aromatic heterocycles. The van der Waals surface area contributed by atoms with Crippen molar-refractivity contribution in [1.29, 1.82) is 0 Å². The molecule has 0 bridgehead atoms. The van der Waals surface area contributed by atoms with Gasteiger partial charge in [-0.15, -0.1) is 0 Å². The fourth-order valence-corrected chi connectivity index (χ4v) is 4.20. The van der Waals surface area contributed by atoms with E-state index >= 15 is 0 Å². The number of hydrogen-bond acceptors (Lipinski definition) is 5. The van der Waals surface area contributed by atoms with E-state index in [4.69, 9.17) is 9.05 Å². The third kappa shape index (κ3) is 4.65. The first kappa shape index (κ1) is 18.5. The Labute approximate surface area is 153 Å². The summed E-state index contributed by atoms with van der Waals surface area (Å²) in [5, 5.41) is 5.92. The van der Waals surface area contributed by atoms with Crippen LogP contribution in [0.4, 0.5) is 0 Å². The molecule has 2 aromatic rings. The van der Waals surface area contributed by atoms with Crippen LogP contribution in [0.1, 0.15) is 19.8 Å². The molecule has 1 fully saturated rings. The number of rotatable bonds is 7. The maximum Gasteiger partial charge on any atom is 0.452 e. The van der Waals surface area contributed by atoms with Crippen LogP contribution < -0.4 is 19.7 Å². The van der Waals surface area contributed by atoms with E-state index < -0.39 is 13.4 Å². The number of hydrogen-bond donors (Lipinski definition) is 2. The molecule has 138 valence electrons. The molecule has 1 aliphatic heterocycles. The van der Waals surface area contributed by atoms with Crippen LogP contribution in [-0.4, -0.2) is 24.3 Å². The Morgan fingerprint density at radius 2 is 1.62 bits per heavy atom. The molecule has 1 aliphatic rings. The van der Waals surface area contributed by atoms with Crippen molar-refractivity contribution in [2.45, 2.75) is 31.6 Å². The summed E-state index contributed by atoms with van der Waals surface area (Å²) in [6.07, 6.45) is 1.72. The molecule has 2 atom stereocenters. The first-order valence-electron chi connectivity index (χ1n) is 8.69. The van der Waals surface area contributed by atoms with Crippen LogP contribution in [0, 0.1) is 0 Å². The van der Waals surface area contributed by atoms with Gasteiger partial charge in [0.2, 0.25) is 5.91 Å². The van der Waals surface area contributed by atoms with Crippen molar-refractivity contribution in [3.05, 3.63) is 60.7 Å². The average molecular weight is 374 g/mol. The summed E-state index contributed by atoms with van der Waals surface area (Å²) in [6, 6.07) is 17.4. The largest absolute Gasteiger partial charge is 0.452 e. The van der Waals surface area contributed by atoms with E-state index in [1.165, 1.54) is 0 Å². The second-order valence-electron chi connectivity index (χ2n) is 6.18. The fraction of sp³-hybridized carbons (Fsp3) is 0.316. The molecule has 1 heterocycles. The second-order valence-corrected chi connectivity index (χ2v) is 8.40. The summed E-state index contributed by atoms with van der Waals surface area (Å²) < 4.78 is 25.0. The highest BCUT2D eigenvalue weighted by Gasteiger charge is 2.38. The SMILES string of the molecule is CC(NC(=O)[C@@H]1CCCN1)P(=O)(Oc1ccccc1)Oc1ccccc1. The van der Waals surface area contributed by atoms with E-state index in [-0.39, 0.29) is 11.9 Å². The zero-order valence-corrected chi connectivity index (χ0v) is 15.5. The van der Waals surface area contributed by atoms with Gasteiger partial charge in [0, 0.05) is 0 Å². The predicted octanol–water partition coefficient (Wildman–Crippen LogP) is 3.55. The molecule has 26 heavy (non-hydrogen) atoms. The van der Waals surface area contributed by atoms with Crippen molar-refractivity contribution in [3.63, 3.8) is 0 Å². The van der Waals surface area contributed by atoms with Gasteiger partial charge in [-0.25, -0.2) is 4.57 Å². The number of carbonyl (C=O) groups excluding carboxylic acids is 1. The molecule has 0 saturated carbocycles. The lowest BCUT2D eigenvalue weighted by molar-refractivity contribution is -0.123. The van der Waals surface area contributed by atoms with Crippen molar-refractivity contribution in [2.24, 2.45) is 0 Å². The van der Waals surface area contributed by atoms with Crippen LogP contribution in [0.2, 0.25) is 0 Å². The van der Waals surface area contributed by atoms with Crippen molar-refractivity contribution >= 4 is 13.5 Å². The highest BCUT2D eigenvalue weighted by atomic mass is 31.2. The minimum absolute atomic E-state index is 0.191. The van der Waals surface area contributed by atoms with E-state index in [9.17, 15) is 9.36 Å². The van der Waals surface area contributed by atoms with Crippen molar-refractivity contribution in [3.8, 4) is 11.5 Å². The first-order valence-corrected chi connectivity index (χ1v) is 10.3. The van der Waals surface area contributed by atoms with E-state index in [1.807, 2.05) is 12.1 Å². The van der Waals surface area contributed by atoms with Gasteiger partial charge in [-0.1, -0.05) is 36.4 Å². The summed E-state index contributed by atoms with van der Waals surface area (Å²) in [4.78, 5) is 12.4. The van der Waals surface area contributed by atoms with Crippen LogP contribution >= 0.6 is 7.60 Å². The van der Waals surface area contributed by atoms with E-state index in [0.717, 1.165) is 19.4 Å². The lowest BCUT2D eigenvalue weighted by Crippen LogP contribution is -2.45. The van der Waals surface area contributed by atoms with Gasteiger partial charge in [0.25, 0.3) is 0 Å². The van der Waals surface area contributed by atoms with Crippen LogP contribution in [0.25, 0.3) is 0 Å². The molecule has 6 nitrogen and oxygen atoms in total. The van der Waals surface area contributed by atoms with Gasteiger partial charge in [-0.05, 0) is 50.6 Å². The average Bonchev–Trinajstić information content (AvgIpc) is 3.18. The summed E-state index contributed by atoms with van der Waals surface area (Å²) in [5.41, 5.74) is 0. The Kier molecular flexibility index (Phi) is 5.96. The minimum Gasteiger partial charge on any atom is -0.415 e. The van der Waals surface area contributed by atoms with E-state index in [0.29, 0.717) is 11.5 Å². The highest BCUT2D eigenvalue weighted by Crippen LogP contribution is 2.51. The van der Waals surface area contributed by atoms with Gasteiger partial charge < -0.3 is 19.7 Å². The zero-order valence-electron chi connectivity index (χ0n) is 14.6. The summed E-state index contributed by atoms with van der Waals surface area (Å²) in [5.74, 6) is -0.153. The van der Waals surface area contributed by atoms with E-state index in [2.05, 4.69) is 10.6 Å². The smallest absolute Gasteiger partial charge is 0.415 e. The van der Waals surface area contributed by atoms with Crippen LogP contribution in [0.3, 0.4) is 0 Å². The second kappa shape index (κ2) is 8.39. The third-order valence-electron chi connectivity index (χ3n) is 4.15.